The first-order valence-electron chi connectivity index (χ1n) is 6.79. The second-order valence-electron chi connectivity index (χ2n) is 4.78. The number of hydrogen-bond acceptors (Lipinski definition) is 4. The molecule has 2 aromatic heterocycles. The average Bonchev–Trinajstić information content (AvgIpc) is 3.06. The highest BCUT2D eigenvalue weighted by Crippen LogP contribution is 2.40. The van der Waals surface area contributed by atoms with Gasteiger partial charge in [0.25, 0.3) is 0 Å². The van der Waals surface area contributed by atoms with Crippen molar-refractivity contribution in [1.82, 2.24) is 9.97 Å². The van der Waals surface area contributed by atoms with E-state index in [2.05, 4.69) is 9.97 Å². The summed E-state index contributed by atoms with van der Waals surface area (Å²) in [6, 6.07) is 10.3. The summed E-state index contributed by atoms with van der Waals surface area (Å²) in [6.45, 7) is 0. The largest absolute Gasteiger partial charge is 0.464 e. The summed E-state index contributed by atoms with van der Waals surface area (Å²) in [7, 11) is 0. The van der Waals surface area contributed by atoms with Gasteiger partial charge in [0.2, 0.25) is 12.0 Å². The molecule has 3 aromatic rings. The van der Waals surface area contributed by atoms with E-state index in [-0.39, 0.29) is 22.2 Å². The maximum atomic E-state index is 13.6. The lowest BCUT2D eigenvalue weighted by Gasteiger charge is -2.23. The summed E-state index contributed by atoms with van der Waals surface area (Å²) in [5.41, 5.74) is 0.194. The summed E-state index contributed by atoms with van der Waals surface area (Å²) < 4.78 is 51.0. The Morgan fingerprint density at radius 1 is 1.08 bits per heavy atom. The Morgan fingerprint density at radius 2 is 1.88 bits per heavy atom. The number of furan rings is 1. The van der Waals surface area contributed by atoms with Crippen molar-refractivity contribution in [2.75, 3.05) is 0 Å². The minimum atomic E-state index is -4.67. The van der Waals surface area contributed by atoms with Gasteiger partial charge in [-0.2, -0.15) is 13.2 Å². The van der Waals surface area contributed by atoms with Crippen molar-refractivity contribution in [3.05, 3.63) is 65.8 Å². The Kier molecular flexibility index (Phi) is 4.44. The molecule has 8 heteroatoms. The molecule has 124 valence electrons. The minimum Gasteiger partial charge on any atom is -0.464 e. The third-order valence-electron chi connectivity index (χ3n) is 3.17. The second-order valence-corrected chi connectivity index (χ2v) is 5.17. The van der Waals surface area contributed by atoms with Crippen molar-refractivity contribution >= 4 is 11.6 Å². The summed E-state index contributed by atoms with van der Waals surface area (Å²) in [5.74, 6) is 0.0377. The molecule has 0 N–H and O–H groups in total. The van der Waals surface area contributed by atoms with Crippen LogP contribution in [0.15, 0.2) is 59.5 Å². The summed E-state index contributed by atoms with van der Waals surface area (Å²) in [6.07, 6.45) is -4.48. The van der Waals surface area contributed by atoms with Crippen molar-refractivity contribution in [2.24, 2.45) is 0 Å². The van der Waals surface area contributed by atoms with Gasteiger partial charge in [0.15, 0.2) is 0 Å². The highest BCUT2D eigenvalue weighted by molar-refractivity contribution is 6.29. The predicted octanol–water partition coefficient (Wildman–Crippen LogP) is 5.07. The van der Waals surface area contributed by atoms with E-state index in [9.17, 15) is 13.2 Å². The highest BCUT2D eigenvalue weighted by Gasteiger charge is 2.44. The Morgan fingerprint density at radius 3 is 2.54 bits per heavy atom. The smallest absolute Gasteiger partial charge is 0.429 e. The van der Waals surface area contributed by atoms with Crippen molar-refractivity contribution in [3.63, 3.8) is 0 Å². The Labute approximate surface area is 139 Å². The molecular weight excluding hydrogens is 345 g/mol. The molecule has 0 spiro atoms. The van der Waals surface area contributed by atoms with E-state index in [4.69, 9.17) is 20.8 Å². The normalized spacial score (nSPS) is 12.8. The lowest BCUT2D eigenvalue weighted by atomic mass is 10.00. The van der Waals surface area contributed by atoms with Gasteiger partial charge in [-0.25, -0.2) is 9.97 Å². The molecule has 0 fully saturated rings. The zero-order valence-corrected chi connectivity index (χ0v) is 12.8. The number of rotatable bonds is 4. The first-order valence-corrected chi connectivity index (χ1v) is 7.16. The predicted molar refractivity (Wildman–Crippen MR) is 80.6 cm³/mol. The van der Waals surface area contributed by atoms with Gasteiger partial charge in [0.1, 0.15) is 17.2 Å². The first-order chi connectivity index (χ1) is 11.4. The molecule has 0 saturated heterocycles. The standard InChI is InChI=1S/C16H10ClF3N2O2/c17-13-8-14(22-9-21-13)24-15(16(18,19)20)11-5-2-1-4-10(11)12-6-3-7-23-12/h1-9,15H. The number of aromatic nitrogens is 2. The molecule has 0 bridgehead atoms. The molecule has 0 aliphatic carbocycles. The quantitative estimate of drug-likeness (QED) is 0.613. The van der Waals surface area contributed by atoms with Gasteiger partial charge in [-0.3, -0.25) is 0 Å². The maximum absolute atomic E-state index is 13.6. The first kappa shape index (κ1) is 16.3. The van der Waals surface area contributed by atoms with Crippen LogP contribution in [0, 0.1) is 0 Å². The van der Waals surface area contributed by atoms with Crippen LogP contribution in [0.25, 0.3) is 11.3 Å². The van der Waals surface area contributed by atoms with Crippen LogP contribution in [0.2, 0.25) is 5.15 Å². The molecule has 1 aromatic carbocycles. The van der Waals surface area contributed by atoms with E-state index in [0.717, 1.165) is 12.4 Å². The van der Waals surface area contributed by atoms with E-state index in [1.165, 1.54) is 24.5 Å². The Balaban J connectivity index is 2.05. The Bertz CT molecular complexity index is 822. The van der Waals surface area contributed by atoms with Crippen LogP contribution >= 0.6 is 11.6 Å². The molecule has 1 atom stereocenters. The van der Waals surface area contributed by atoms with Gasteiger partial charge in [0, 0.05) is 17.2 Å². The SMILES string of the molecule is FC(F)(F)C(Oc1cc(Cl)ncn1)c1ccccc1-c1ccco1. The molecule has 0 aliphatic heterocycles. The second kappa shape index (κ2) is 6.52. The lowest BCUT2D eigenvalue weighted by Crippen LogP contribution is -2.27. The lowest BCUT2D eigenvalue weighted by molar-refractivity contribution is -0.198. The highest BCUT2D eigenvalue weighted by atomic mass is 35.5. The van der Waals surface area contributed by atoms with E-state index >= 15 is 0 Å². The molecule has 24 heavy (non-hydrogen) atoms. The van der Waals surface area contributed by atoms with Crippen molar-refractivity contribution in [3.8, 4) is 17.2 Å². The van der Waals surface area contributed by atoms with Gasteiger partial charge in [0.05, 0.1) is 6.26 Å². The van der Waals surface area contributed by atoms with Gasteiger partial charge >= 0.3 is 6.18 Å². The van der Waals surface area contributed by atoms with Gasteiger partial charge in [-0.05, 0) is 12.1 Å². The van der Waals surface area contributed by atoms with Gasteiger partial charge in [-0.15, -0.1) is 0 Å². The van der Waals surface area contributed by atoms with Crippen LogP contribution in [0.5, 0.6) is 5.88 Å². The van der Waals surface area contributed by atoms with E-state index < -0.39 is 12.3 Å². The zero-order chi connectivity index (χ0) is 17.2. The van der Waals surface area contributed by atoms with E-state index in [1.807, 2.05) is 0 Å². The average molecular weight is 355 g/mol. The van der Waals surface area contributed by atoms with Crippen molar-refractivity contribution in [2.45, 2.75) is 12.3 Å². The molecule has 0 radical (unpaired) electrons. The fourth-order valence-electron chi connectivity index (χ4n) is 2.19. The van der Waals surface area contributed by atoms with Crippen LogP contribution in [-0.2, 0) is 0 Å². The molecule has 0 aliphatic rings. The molecule has 0 amide bonds. The van der Waals surface area contributed by atoms with Crippen LogP contribution in [-0.4, -0.2) is 16.1 Å². The van der Waals surface area contributed by atoms with Gasteiger partial charge < -0.3 is 9.15 Å². The minimum absolute atomic E-state index is 0.0137. The van der Waals surface area contributed by atoms with E-state index in [0.29, 0.717) is 5.76 Å². The third-order valence-corrected chi connectivity index (χ3v) is 3.38. The Hall–Kier alpha value is -2.54. The molecule has 0 saturated carbocycles. The van der Waals surface area contributed by atoms with E-state index in [1.54, 1.807) is 18.2 Å². The number of benzene rings is 1. The van der Waals surface area contributed by atoms with Crippen molar-refractivity contribution in [1.29, 1.82) is 0 Å². The van der Waals surface area contributed by atoms with Crippen LogP contribution in [0.3, 0.4) is 0 Å². The summed E-state index contributed by atoms with van der Waals surface area (Å²) in [4.78, 5) is 7.29. The third kappa shape index (κ3) is 3.51. The fraction of sp³-hybridized carbons (Fsp3) is 0.125. The number of ether oxygens (including phenoxy) is 1. The maximum Gasteiger partial charge on any atom is 0.429 e. The summed E-state index contributed by atoms with van der Waals surface area (Å²) >= 11 is 5.67. The van der Waals surface area contributed by atoms with Crippen molar-refractivity contribution < 1.29 is 22.3 Å². The topological polar surface area (TPSA) is 48.2 Å². The van der Waals surface area contributed by atoms with Crippen LogP contribution in [0.1, 0.15) is 11.7 Å². The number of hydrogen-bond donors (Lipinski definition) is 0. The fourth-order valence-corrected chi connectivity index (χ4v) is 2.33. The van der Waals surface area contributed by atoms with Crippen LogP contribution in [0.4, 0.5) is 13.2 Å². The molecule has 3 rings (SSSR count). The number of halogens is 4. The van der Waals surface area contributed by atoms with Gasteiger partial charge in [-0.1, -0.05) is 35.9 Å². The number of nitrogens with zero attached hydrogens (tertiary/aromatic N) is 2. The monoisotopic (exact) mass is 354 g/mol. The molecule has 2 heterocycles. The zero-order valence-electron chi connectivity index (χ0n) is 12.0. The number of alkyl halides is 3. The summed E-state index contributed by atoms with van der Waals surface area (Å²) in [5, 5.41) is -0.0137. The molecular formula is C16H10ClF3N2O2. The molecule has 1 unspecified atom stereocenters. The van der Waals surface area contributed by atoms with Crippen LogP contribution < -0.4 is 4.74 Å². The molecule has 4 nitrogen and oxygen atoms in total.